The number of hydrogen-bond donors (Lipinski definition) is 1. The molecule has 0 atom stereocenters. The first-order valence-corrected chi connectivity index (χ1v) is 3.96. The van der Waals surface area contributed by atoms with Gasteiger partial charge in [0.2, 0.25) is 0 Å². The van der Waals surface area contributed by atoms with Gasteiger partial charge in [-0.25, -0.2) is 5.84 Å². The van der Waals surface area contributed by atoms with Crippen molar-refractivity contribution in [2.24, 2.45) is 11.0 Å². The Labute approximate surface area is 81.5 Å². The van der Waals surface area contributed by atoms with Crippen LogP contribution in [0.5, 0.6) is 5.75 Å². The Morgan fingerprint density at radius 1 is 1.64 bits per heavy atom. The third-order valence-electron chi connectivity index (χ3n) is 1.58. The monoisotopic (exact) mass is 193 g/mol. The van der Waals surface area contributed by atoms with Gasteiger partial charge in [0.05, 0.1) is 5.69 Å². The number of nitrogens with zero attached hydrogens (tertiary/aromatic N) is 4. The maximum atomic E-state index is 8.04. The molecule has 0 bridgehead atoms. The number of azide groups is 1. The molecule has 0 heterocycles. The Bertz CT molecular complexity index is 345. The molecule has 1 aromatic rings. The molecule has 0 saturated heterocycles. The lowest BCUT2D eigenvalue weighted by Gasteiger charge is -2.12. The number of hydrogen-bond acceptors (Lipinski definition) is 4. The Morgan fingerprint density at radius 2 is 2.43 bits per heavy atom. The van der Waals surface area contributed by atoms with Crippen molar-refractivity contribution < 1.29 is 4.74 Å². The summed E-state index contributed by atoms with van der Waals surface area (Å²) in [5, 5.41) is 4.73. The van der Waals surface area contributed by atoms with E-state index in [0.717, 1.165) is 5.69 Å². The predicted octanol–water partition coefficient (Wildman–Crippen LogP) is 1.64. The summed E-state index contributed by atoms with van der Waals surface area (Å²) in [5.41, 5.74) is 8.86. The van der Waals surface area contributed by atoms with Crippen molar-refractivity contribution in [3.05, 3.63) is 34.7 Å². The molecule has 0 aliphatic rings. The van der Waals surface area contributed by atoms with E-state index in [1.807, 2.05) is 12.1 Å². The van der Waals surface area contributed by atoms with E-state index in [0.29, 0.717) is 5.75 Å². The van der Waals surface area contributed by atoms with E-state index in [9.17, 15) is 0 Å². The van der Waals surface area contributed by atoms with Gasteiger partial charge in [-0.15, -0.1) is 0 Å². The van der Waals surface area contributed by atoms with E-state index in [4.69, 9.17) is 16.1 Å². The summed E-state index contributed by atoms with van der Waals surface area (Å²) in [7, 11) is 1.73. The van der Waals surface area contributed by atoms with E-state index in [1.54, 1.807) is 19.2 Å². The fraction of sp³-hybridized carbons (Fsp3) is 0.250. The summed E-state index contributed by atoms with van der Waals surface area (Å²) < 4.78 is 5.13. The quantitative estimate of drug-likeness (QED) is 0.259. The molecule has 1 aromatic carbocycles. The van der Waals surface area contributed by atoms with Crippen LogP contribution in [0.4, 0.5) is 5.69 Å². The summed E-state index contributed by atoms with van der Waals surface area (Å²) in [6, 6.07) is 7.18. The van der Waals surface area contributed by atoms with Gasteiger partial charge in [-0.3, -0.25) is 0 Å². The van der Waals surface area contributed by atoms with Crippen LogP contribution in [0, 0.1) is 0 Å². The van der Waals surface area contributed by atoms with E-state index in [1.165, 1.54) is 5.01 Å². The lowest BCUT2D eigenvalue weighted by molar-refractivity contribution is 0.329. The van der Waals surface area contributed by atoms with Crippen LogP contribution in [0.3, 0.4) is 0 Å². The molecule has 6 heteroatoms. The van der Waals surface area contributed by atoms with Crippen LogP contribution in [0.25, 0.3) is 10.4 Å². The normalized spacial score (nSPS) is 9.00. The zero-order valence-electron chi connectivity index (χ0n) is 7.79. The molecule has 2 N–H and O–H groups in total. The summed E-state index contributed by atoms with van der Waals surface area (Å²) in [5.74, 6) is 6.15. The first-order valence-electron chi connectivity index (χ1n) is 3.96. The fourth-order valence-corrected chi connectivity index (χ4v) is 0.922. The van der Waals surface area contributed by atoms with Gasteiger partial charge in [0.15, 0.2) is 6.73 Å². The molecule has 0 amide bonds. The van der Waals surface area contributed by atoms with Crippen LogP contribution in [0.15, 0.2) is 29.4 Å². The molecule has 0 fully saturated rings. The Morgan fingerprint density at radius 3 is 3.07 bits per heavy atom. The average Bonchev–Trinajstić information content (AvgIpc) is 2.19. The Hall–Kier alpha value is -1.91. The van der Waals surface area contributed by atoms with Gasteiger partial charge < -0.3 is 9.75 Å². The van der Waals surface area contributed by atoms with E-state index < -0.39 is 0 Å². The van der Waals surface area contributed by atoms with Crippen molar-refractivity contribution in [1.29, 1.82) is 0 Å². The lowest BCUT2D eigenvalue weighted by Crippen LogP contribution is -2.24. The van der Waals surface area contributed by atoms with Crippen LogP contribution in [0.2, 0.25) is 0 Å². The van der Waals surface area contributed by atoms with Crippen LogP contribution in [-0.2, 0) is 0 Å². The van der Waals surface area contributed by atoms with Crippen LogP contribution < -0.4 is 15.6 Å². The molecule has 0 saturated carbocycles. The Balaban J connectivity index is 2.68. The SMILES string of the molecule is CN(N)c1cccc(OCN=[N+]=[N-])c1. The van der Waals surface area contributed by atoms with E-state index >= 15 is 0 Å². The number of rotatable bonds is 4. The van der Waals surface area contributed by atoms with E-state index in [2.05, 4.69) is 10.0 Å². The van der Waals surface area contributed by atoms with Gasteiger partial charge in [0.1, 0.15) is 5.75 Å². The molecular formula is C8H11N5O. The van der Waals surface area contributed by atoms with Crippen molar-refractivity contribution >= 4 is 5.69 Å². The van der Waals surface area contributed by atoms with Crippen molar-refractivity contribution in [2.45, 2.75) is 0 Å². The molecule has 14 heavy (non-hydrogen) atoms. The highest BCUT2D eigenvalue weighted by molar-refractivity contribution is 5.48. The number of anilines is 1. The Kier molecular flexibility index (Phi) is 3.60. The zero-order valence-corrected chi connectivity index (χ0v) is 7.79. The first-order chi connectivity index (χ1) is 6.74. The summed E-state index contributed by atoms with van der Waals surface area (Å²) in [4.78, 5) is 2.57. The minimum atomic E-state index is -0.0196. The minimum Gasteiger partial charge on any atom is -0.487 e. The second-order valence-corrected chi connectivity index (χ2v) is 2.61. The third kappa shape index (κ3) is 2.85. The van der Waals surface area contributed by atoms with Crippen molar-refractivity contribution in [1.82, 2.24) is 0 Å². The minimum absolute atomic E-state index is 0.0196. The third-order valence-corrected chi connectivity index (χ3v) is 1.58. The standard InChI is InChI=1S/C8H11N5O/c1-13(10)7-3-2-4-8(5-7)14-6-11-12-9/h2-5H,6,10H2,1H3. The maximum absolute atomic E-state index is 8.04. The molecule has 0 aliphatic heterocycles. The molecule has 0 aliphatic carbocycles. The number of nitrogens with two attached hydrogens (primary N) is 1. The first kappa shape index (κ1) is 10.2. The molecular weight excluding hydrogens is 182 g/mol. The van der Waals surface area contributed by atoms with Gasteiger partial charge in [-0.1, -0.05) is 11.2 Å². The second kappa shape index (κ2) is 4.96. The average molecular weight is 193 g/mol. The molecule has 0 spiro atoms. The molecule has 0 unspecified atom stereocenters. The van der Waals surface area contributed by atoms with Gasteiger partial charge in [-0.2, -0.15) is 0 Å². The highest BCUT2D eigenvalue weighted by Crippen LogP contribution is 2.18. The van der Waals surface area contributed by atoms with Crippen LogP contribution >= 0.6 is 0 Å². The van der Waals surface area contributed by atoms with Gasteiger partial charge in [-0.05, 0) is 17.7 Å². The summed E-state index contributed by atoms with van der Waals surface area (Å²) >= 11 is 0. The number of hydrazine groups is 1. The fourth-order valence-electron chi connectivity index (χ4n) is 0.922. The highest BCUT2D eigenvalue weighted by atomic mass is 16.5. The van der Waals surface area contributed by atoms with Crippen molar-refractivity contribution in [3.63, 3.8) is 0 Å². The lowest BCUT2D eigenvalue weighted by atomic mass is 10.3. The van der Waals surface area contributed by atoms with Crippen molar-refractivity contribution in [2.75, 3.05) is 18.8 Å². The maximum Gasteiger partial charge on any atom is 0.167 e. The summed E-state index contributed by atoms with van der Waals surface area (Å²) in [6.45, 7) is -0.0196. The molecule has 6 nitrogen and oxygen atoms in total. The van der Waals surface area contributed by atoms with E-state index in [-0.39, 0.29) is 6.73 Å². The molecule has 74 valence electrons. The van der Waals surface area contributed by atoms with Crippen LogP contribution in [-0.4, -0.2) is 13.8 Å². The highest BCUT2D eigenvalue weighted by Gasteiger charge is 1.97. The van der Waals surface area contributed by atoms with Gasteiger partial charge >= 0.3 is 0 Å². The summed E-state index contributed by atoms with van der Waals surface area (Å²) in [6.07, 6.45) is 0. The topological polar surface area (TPSA) is 87.2 Å². The molecule has 0 aromatic heterocycles. The second-order valence-electron chi connectivity index (χ2n) is 2.61. The number of ether oxygens (including phenoxy) is 1. The predicted molar refractivity (Wildman–Crippen MR) is 53.7 cm³/mol. The van der Waals surface area contributed by atoms with Gasteiger partial charge in [0, 0.05) is 18.0 Å². The smallest absolute Gasteiger partial charge is 0.167 e. The zero-order chi connectivity index (χ0) is 10.4. The van der Waals surface area contributed by atoms with Crippen molar-refractivity contribution in [3.8, 4) is 5.75 Å². The van der Waals surface area contributed by atoms with Crippen LogP contribution in [0.1, 0.15) is 0 Å². The molecule has 0 radical (unpaired) electrons. The largest absolute Gasteiger partial charge is 0.487 e. The number of benzene rings is 1. The van der Waals surface area contributed by atoms with Gasteiger partial charge in [0.25, 0.3) is 0 Å². The molecule has 1 rings (SSSR count).